The third-order valence-corrected chi connectivity index (χ3v) is 6.54. The number of pyridine rings is 1. The first kappa shape index (κ1) is 24.4. The zero-order chi connectivity index (χ0) is 25.8. The van der Waals surface area contributed by atoms with Gasteiger partial charge in [-0.3, -0.25) is 14.7 Å². The number of esters is 1. The summed E-state index contributed by atoms with van der Waals surface area (Å²) in [4.78, 5) is 31.0. The molecule has 0 saturated carbocycles. The van der Waals surface area contributed by atoms with Crippen LogP contribution < -0.4 is 10.6 Å². The summed E-state index contributed by atoms with van der Waals surface area (Å²) in [6.07, 6.45) is 4.65. The number of rotatable bonds is 7. The van der Waals surface area contributed by atoms with E-state index in [4.69, 9.17) is 4.74 Å². The van der Waals surface area contributed by atoms with Gasteiger partial charge in [-0.15, -0.1) is 0 Å². The van der Waals surface area contributed by atoms with Gasteiger partial charge in [-0.1, -0.05) is 24.3 Å². The van der Waals surface area contributed by atoms with E-state index >= 15 is 0 Å². The second kappa shape index (κ2) is 10.8. The number of aromatic nitrogens is 1. The number of halogens is 1. The maximum Gasteiger partial charge on any atom is 0.337 e. The van der Waals surface area contributed by atoms with Crippen molar-refractivity contribution in [3.05, 3.63) is 102 Å². The third-order valence-electron chi connectivity index (χ3n) is 6.54. The number of hydrogen-bond donors (Lipinski definition) is 2. The molecule has 2 N–H and O–H groups in total. The number of fused-ring (bicyclic) bond motifs is 1. The van der Waals surface area contributed by atoms with E-state index in [1.807, 2.05) is 18.3 Å². The highest BCUT2D eigenvalue weighted by atomic mass is 19.1. The average Bonchev–Trinajstić information content (AvgIpc) is 3.37. The Bertz CT molecular complexity index is 1450. The summed E-state index contributed by atoms with van der Waals surface area (Å²) in [5, 5.41) is 8.54. The fourth-order valence-electron chi connectivity index (χ4n) is 4.69. The van der Waals surface area contributed by atoms with Gasteiger partial charge in [0.1, 0.15) is 5.82 Å². The number of nitrogens with zero attached hydrogens (tertiary/aromatic N) is 2. The zero-order valence-electron chi connectivity index (χ0n) is 20.4. The molecule has 1 aliphatic rings. The van der Waals surface area contributed by atoms with E-state index in [1.165, 1.54) is 19.2 Å². The van der Waals surface area contributed by atoms with Crippen LogP contribution in [0.2, 0.25) is 0 Å². The smallest absolute Gasteiger partial charge is 0.337 e. The molecule has 1 unspecified atom stereocenters. The molecule has 0 spiro atoms. The standard InChI is InChI=1S/C29H27FN4O3/c1-37-29(36)21-5-2-4-20(15-21)28(35)33-27-14-19(8-9-25(27)30)17-34-13-11-23(18-34)32-26-7-3-6-22-16-31-12-10-24(22)26/h2-10,12,14-16,23,32H,11,13,17-18H2,1H3,(H,33,35). The molecule has 0 bridgehead atoms. The summed E-state index contributed by atoms with van der Waals surface area (Å²) in [5.74, 6) is -1.57. The summed E-state index contributed by atoms with van der Waals surface area (Å²) in [6, 6.07) is 19.4. The number of ether oxygens (including phenoxy) is 1. The van der Waals surface area contributed by atoms with Crippen molar-refractivity contribution in [1.82, 2.24) is 9.88 Å². The highest BCUT2D eigenvalue weighted by Gasteiger charge is 2.23. The fourth-order valence-corrected chi connectivity index (χ4v) is 4.69. The number of amides is 1. The number of anilines is 2. The first-order valence-electron chi connectivity index (χ1n) is 12.1. The first-order valence-corrected chi connectivity index (χ1v) is 12.1. The summed E-state index contributed by atoms with van der Waals surface area (Å²) in [5.41, 5.74) is 2.59. The maximum atomic E-state index is 14.5. The number of nitrogens with one attached hydrogen (secondary N) is 2. The molecule has 1 saturated heterocycles. The van der Waals surface area contributed by atoms with Gasteiger partial charge in [0, 0.05) is 60.1 Å². The van der Waals surface area contributed by atoms with E-state index in [-0.39, 0.29) is 16.8 Å². The van der Waals surface area contributed by atoms with Gasteiger partial charge in [-0.2, -0.15) is 0 Å². The van der Waals surface area contributed by atoms with E-state index in [1.54, 1.807) is 36.5 Å². The molecule has 8 heteroatoms. The Morgan fingerprint density at radius 3 is 2.76 bits per heavy atom. The molecular weight excluding hydrogens is 471 g/mol. The molecule has 7 nitrogen and oxygen atoms in total. The molecule has 1 aliphatic heterocycles. The van der Waals surface area contributed by atoms with Crippen LogP contribution in [0.3, 0.4) is 0 Å². The van der Waals surface area contributed by atoms with Crippen LogP contribution in [0.1, 0.15) is 32.7 Å². The molecule has 3 aromatic carbocycles. The molecule has 4 aromatic rings. The quantitative estimate of drug-likeness (QED) is 0.345. The third kappa shape index (κ3) is 5.59. The molecule has 0 radical (unpaired) electrons. The summed E-state index contributed by atoms with van der Waals surface area (Å²) in [6.45, 7) is 2.39. The molecule has 2 heterocycles. The predicted molar refractivity (Wildman–Crippen MR) is 141 cm³/mol. The van der Waals surface area contributed by atoms with Crippen LogP contribution in [-0.4, -0.2) is 48.0 Å². The van der Waals surface area contributed by atoms with Gasteiger partial charge in [-0.25, -0.2) is 9.18 Å². The Morgan fingerprint density at radius 1 is 1.05 bits per heavy atom. The van der Waals surface area contributed by atoms with Gasteiger partial charge in [0.2, 0.25) is 0 Å². The molecule has 188 valence electrons. The first-order chi connectivity index (χ1) is 18.0. The van der Waals surface area contributed by atoms with Gasteiger partial charge in [-0.05, 0) is 54.4 Å². The summed E-state index contributed by atoms with van der Waals surface area (Å²) >= 11 is 0. The van der Waals surface area contributed by atoms with Crippen LogP contribution in [0.5, 0.6) is 0 Å². The Balaban J connectivity index is 1.23. The number of likely N-dealkylation sites (tertiary alicyclic amines) is 1. The Labute approximate surface area is 214 Å². The van der Waals surface area contributed by atoms with Crippen LogP contribution in [0.15, 0.2) is 79.1 Å². The molecule has 1 atom stereocenters. The van der Waals surface area contributed by atoms with Crippen molar-refractivity contribution in [2.45, 2.75) is 19.0 Å². The van der Waals surface area contributed by atoms with Gasteiger partial charge in [0.05, 0.1) is 18.4 Å². The molecule has 1 fully saturated rings. The normalized spacial score (nSPS) is 15.5. The van der Waals surface area contributed by atoms with Crippen LogP contribution in [0.25, 0.3) is 10.8 Å². The van der Waals surface area contributed by atoms with E-state index in [0.717, 1.165) is 41.5 Å². The average molecular weight is 499 g/mol. The second-order valence-corrected chi connectivity index (χ2v) is 9.11. The fraction of sp³-hybridized carbons (Fsp3) is 0.207. The minimum atomic E-state index is -0.543. The van der Waals surface area contributed by atoms with Gasteiger partial charge in [0.25, 0.3) is 5.91 Å². The van der Waals surface area contributed by atoms with Crippen molar-refractivity contribution < 1.29 is 18.7 Å². The number of benzene rings is 3. The number of carbonyl (C=O) groups is 2. The monoisotopic (exact) mass is 498 g/mol. The zero-order valence-corrected chi connectivity index (χ0v) is 20.4. The van der Waals surface area contributed by atoms with Crippen LogP contribution in [0, 0.1) is 5.82 Å². The highest BCUT2D eigenvalue weighted by Crippen LogP contribution is 2.26. The predicted octanol–water partition coefficient (Wildman–Crippen LogP) is 5.10. The van der Waals surface area contributed by atoms with Crippen molar-refractivity contribution >= 4 is 34.0 Å². The SMILES string of the molecule is COC(=O)c1cccc(C(=O)Nc2cc(CN3CCC(Nc4cccc5cnccc45)C3)ccc2F)c1. The van der Waals surface area contributed by atoms with Crippen LogP contribution in [0.4, 0.5) is 15.8 Å². The van der Waals surface area contributed by atoms with Crippen molar-refractivity contribution in [2.75, 3.05) is 30.8 Å². The van der Waals surface area contributed by atoms with Crippen LogP contribution >= 0.6 is 0 Å². The largest absolute Gasteiger partial charge is 0.465 e. The molecule has 37 heavy (non-hydrogen) atoms. The second-order valence-electron chi connectivity index (χ2n) is 9.11. The van der Waals surface area contributed by atoms with Crippen LogP contribution in [-0.2, 0) is 11.3 Å². The van der Waals surface area contributed by atoms with Crippen molar-refractivity contribution in [3.8, 4) is 0 Å². The van der Waals surface area contributed by atoms with Crippen molar-refractivity contribution in [2.24, 2.45) is 0 Å². The minimum absolute atomic E-state index is 0.101. The molecule has 5 rings (SSSR count). The summed E-state index contributed by atoms with van der Waals surface area (Å²) < 4.78 is 19.2. The van der Waals surface area contributed by atoms with E-state index in [0.29, 0.717) is 12.6 Å². The lowest BCUT2D eigenvalue weighted by Crippen LogP contribution is -2.26. The summed E-state index contributed by atoms with van der Waals surface area (Å²) in [7, 11) is 1.27. The lowest BCUT2D eigenvalue weighted by atomic mass is 10.1. The van der Waals surface area contributed by atoms with E-state index in [9.17, 15) is 14.0 Å². The van der Waals surface area contributed by atoms with Gasteiger partial charge >= 0.3 is 5.97 Å². The Morgan fingerprint density at radius 2 is 1.89 bits per heavy atom. The topological polar surface area (TPSA) is 83.6 Å². The van der Waals surface area contributed by atoms with Crippen molar-refractivity contribution in [1.29, 1.82) is 0 Å². The molecular formula is C29H27FN4O3. The lowest BCUT2D eigenvalue weighted by molar-refractivity contribution is 0.0600. The minimum Gasteiger partial charge on any atom is -0.465 e. The molecule has 1 aromatic heterocycles. The molecule has 1 amide bonds. The van der Waals surface area contributed by atoms with Gasteiger partial charge < -0.3 is 15.4 Å². The number of methoxy groups -OCH3 is 1. The molecule has 0 aliphatic carbocycles. The lowest BCUT2D eigenvalue weighted by Gasteiger charge is -2.19. The van der Waals surface area contributed by atoms with Gasteiger partial charge in [0.15, 0.2) is 0 Å². The van der Waals surface area contributed by atoms with E-state index in [2.05, 4.69) is 32.7 Å². The number of carbonyl (C=O) groups excluding carboxylic acids is 2. The Hall–Kier alpha value is -4.30. The highest BCUT2D eigenvalue weighted by molar-refractivity contribution is 6.05. The van der Waals surface area contributed by atoms with Crippen molar-refractivity contribution in [3.63, 3.8) is 0 Å². The van der Waals surface area contributed by atoms with E-state index < -0.39 is 17.7 Å². The Kier molecular flexibility index (Phi) is 7.09. The number of hydrogen-bond acceptors (Lipinski definition) is 6. The maximum absolute atomic E-state index is 14.5.